The van der Waals surface area contributed by atoms with E-state index in [2.05, 4.69) is 20.5 Å². The van der Waals surface area contributed by atoms with Crippen molar-refractivity contribution >= 4 is 23.3 Å². The molecule has 0 bridgehead atoms. The van der Waals surface area contributed by atoms with Crippen LogP contribution in [-0.2, 0) is 17.4 Å². The van der Waals surface area contributed by atoms with E-state index >= 15 is 0 Å². The van der Waals surface area contributed by atoms with Gasteiger partial charge in [-0.05, 0) is 18.2 Å². The van der Waals surface area contributed by atoms with E-state index in [0.29, 0.717) is 11.9 Å². The predicted octanol–water partition coefficient (Wildman–Crippen LogP) is 2.66. The van der Waals surface area contributed by atoms with Crippen LogP contribution in [0, 0.1) is 0 Å². The topological polar surface area (TPSA) is 70.7 Å². The van der Waals surface area contributed by atoms with Gasteiger partial charge in [0.15, 0.2) is 5.15 Å². The zero-order valence-electron chi connectivity index (χ0n) is 9.83. The van der Waals surface area contributed by atoms with Gasteiger partial charge in [-0.2, -0.15) is 18.3 Å². The normalized spacial score (nSPS) is 11.4. The SMILES string of the molecule is O=C(Cc1cc(Cl)n[nH]1)Nc1ccc(C(F)(F)F)cn1. The Balaban J connectivity index is 1.98. The monoisotopic (exact) mass is 304 g/mol. The smallest absolute Gasteiger partial charge is 0.310 e. The zero-order valence-corrected chi connectivity index (χ0v) is 10.6. The summed E-state index contributed by atoms with van der Waals surface area (Å²) in [5.74, 6) is -0.411. The minimum Gasteiger partial charge on any atom is -0.310 e. The molecular weight excluding hydrogens is 297 g/mol. The van der Waals surface area contributed by atoms with Crippen LogP contribution in [0.15, 0.2) is 24.4 Å². The molecule has 2 rings (SSSR count). The first-order chi connectivity index (χ1) is 9.34. The van der Waals surface area contributed by atoms with Gasteiger partial charge in [0.2, 0.25) is 5.91 Å². The second-order valence-corrected chi connectivity index (χ2v) is 4.26. The van der Waals surface area contributed by atoms with E-state index in [-0.39, 0.29) is 17.4 Å². The summed E-state index contributed by atoms with van der Waals surface area (Å²) in [4.78, 5) is 15.1. The van der Waals surface area contributed by atoms with Gasteiger partial charge < -0.3 is 5.32 Å². The summed E-state index contributed by atoms with van der Waals surface area (Å²) >= 11 is 5.57. The van der Waals surface area contributed by atoms with Gasteiger partial charge in [-0.25, -0.2) is 4.98 Å². The molecule has 0 aliphatic rings. The average molecular weight is 305 g/mol. The molecule has 2 N–H and O–H groups in total. The molecule has 5 nitrogen and oxygen atoms in total. The highest BCUT2D eigenvalue weighted by atomic mass is 35.5. The number of aromatic nitrogens is 3. The van der Waals surface area contributed by atoms with Crippen molar-refractivity contribution in [3.8, 4) is 0 Å². The first kappa shape index (κ1) is 14.3. The zero-order chi connectivity index (χ0) is 14.8. The molecule has 2 heterocycles. The summed E-state index contributed by atoms with van der Waals surface area (Å²) in [7, 11) is 0. The van der Waals surface area contributed by atoms with Crippen molar-refractivity contribution in [1.82, 2.24) is 15.2 Å². The molecule has 2 aromatic rings. The second-order valence-electron chi connectivity index (χ2n) is 3.87. The van der Waals surface area contributed by atoms with Gasteiger partial charge in [-0.3, -0.25) is 9.89 Å². The van der Waals surface area contributed by atoms with Crippen LogP contribution in [0.3, 0.4) is 0 Å². The van der Waals surface area contributed by atoms with Gasteiger partial charge in [-0.15, -0.1) is 0 Å². The van der Waals surface area contributed by atoms with Crippen molar-refractivity contribution in [3.63, 3.8) is 0 Å². The number of nitrogens with one attached hydrogen (secondary N) is 2. The number of hydrogen-bond acceptors (Lipinski definition) is 3. The Morgan fingerprint density at radius 1 is 1.40 bits per heavy atom. The maximum absolute atomic E-state index is 12.3. The number of alkyl halides is 3. The summed E-state index contributed by atoms with van der Waals surface area (Å²) in [6.45, 7) is 0. The number of pyridine rings is 1. The predicted molar refractivity (Wildman–Crippen MR) is 65.2 cm³/mol. The van der Waals surface area contributed by atoms with Crippen molar-refractivity contribution in [2.75, 3.05) is 5.32 Å². The van der Waals surface area contributed by atoms with E-state index in [0.717, 1.165) is 12.1 Å². The molecule has 0 fully saturated rings. The number of halogens is 4. The van der Waals surface area contributed by atoms with E-state index in [1.807, 2.05) is 0 Å². The number of amides is 1. The summed E-state index contributed by atoms with van der Waals surface area (Å²) in [5.41, 5.74) is -0.393. The number of rotatable bonds is 3. The first-order valence-electron chi connectivity index (χ1n) is 5.37. The van der Waals surface area contributed by atoms with Crippen molar-refractivity contribution in [3.05, 3.63) is 40.8 Å². The number of hydrogen-bond donors (Lipinski definition) is 2. The molecule has 0 atom stereocenters. The molecule has 0 radical (unpaired) electrons. The molecule has 0 spiro atoms. The largest absolute Gasteiger partial charge is 0.417 e. The van der Waals surface area contributed by atoms with Crippen LogP contribution in [0.1, 0.15) is 11.3 Å². The Hall–Kier alpha value is -2.09. The van der Waals surface area contributed by atoms with Gasteiger partial charge in [0.25, 0.3) is 0 Å². The van der Waals surface area contributed by atoms with Crippen molar-refractivity contribution in [2.24, 2.45) is 0 Å². The molecule has 0 saturated heterocycles. The fourth-order valence-electron chi connectivity index (χ4n) is 1.42. The molecular formula is C11H8ClF3N4O. The molecule has 0 unspecified atom stereocenters. The minimum atomic E-state index is -4.46. The summed E-state index contributed by atoms with van der Waals surface area (Å²) < 4.78 is 37.0. The van der Waals surface area contributed by atoms with Crippen LogP contribution < -0.4 is 5.32 Å². The third kappa shape index (κ3) is 3.70. The van der Waals surface area contributed by atoms with Gasteiger partial charge in [0.1, 0.15) is 5.82 Å². The molecule has 2 aromatic heterocycles. The van der Waals surface area contributed by atoms with Gasteiger partial charge in [0, 0.05) is 11.9 Å². The molecule has 0 aliphatic carbocycles. The third-order valence-electron chi connectivity index (χ3n) is 2.31. The van der Waals surface area contributed by atoms with Gasteiger partial charge >= 0.3 is 6.18 Å². The van der Waals surface area contributed by atoms with E-state index in [9.17, 15) is 18.0 Å². The van der Waals surface area contributed by atoms with Crippen molar-refractivity contribution in [1.29, 1.82) is 0 Å². The van der Waals surface area contributed by atoms with Gasteiger partial charge in [0.05, 0.1) is 12.0 Å². The second kappa shape index (κ2) is 5.49. The highest BCUT2D eigenvalue weighted by Gasteiger charge is 2.30. The average Bonchev–Trinajstić information content (AvgIpc) is 2.74. The Labute approximate surface area is 116 Å². The Bertz CT molecular complexity index is 609. The maximum atomic E-state index is 12.3. The number of anilines is 1. The van der Waals surface area contributed by atoms with E-state index in [1.54, 1.807) is 0 Å². The Morgan fingerprint density at radius 2 is 2.15 bits per heavy atom. The number of aromatic amines is 1. The fraction of sp³-hybridized carbons (Fsp3) is 0.182. The van der Waals surface area contributed by atoms with E-state index in [1.165, 1.54) is 6.07 Å². The molecule has 1 amide bonds. The minimum absolute atomic E-state index is 0.0358. The van der Waals surface area contributed by atoms with Crippen LogP contribution in [0.2, 0.25) is 5.15 Å². The number of nitrogens with zero attached hydrogens (tertiary/aromatic N) is 2. The van der Waals surface area contributed by atoms with Crippen molar-refractivity contribution < 1.29 is 18.0 Å². The Kier molecular flexibility index (Phi) is 3.93. The number of carbonyl (C=O) groups is 1. The van der Waals surface area contributed by atoms with Crippen LogP contribution >= 0.6 is 11.6 Å². The molecule has 0 saturated carbocycles. The summed E-state index contributed by atoms with van der Waals surface area (Å²) in [6, 6.07) is 3.40. The van der Waals surface area contributed by atoms with Crippen LogP contribution in [0.4, 0.5) is 19.0 Å². The van der Waals surface area contributed by atoms with Crippen LogP contribution in [-0.4, -0.2) is 21.1 Å². The number of H-pyrrole nitrogens is 1. The first-order valence-corrected chi connectivity index (χ1v) is 5.75. The lowest BCUT2D eigenvalue weighted by Gasteiger charge is -2.07. The maximum Gasteiger partial charge on any atom is 0.417 e. The van der Waals surface area contributed by atoms with E-state index in [4.69, 9.17) is 11.6 Å². The fourth-order valence-corrected chi connectivity index (χ4v) is 1.59. The lowest BCUT2D eigenvalue weighted by molar-refractivity contribution is -0.137. The quantitative estimate of drug-likeness (QED) is 0.916. The molecule has 9 heteroatoms. The van der Waals surface area contributed by atoms with Crippen LogP contribution in [0.25, 0.3) is 0 Å². The van der Waals surface area contributed by atoms with E-state index < -0.39 is 17.6 Å². The standard InChI is InChI=1S/C11H8ClF3N4O/c12-8-3-7(18-19-8)4-10(20)17-9-2-1-6(5-16-9)11(13,14)15/h1-3,5H,4H2,(H,18,19)(H,16,17,20). The molecule has 0 aromatic carbocycles. The highest BCUT2D eigenvalue weighted by molar-refractivity contribution is 6.29. The summed E-state index contributed by atoms with van der Waals surface area (Å²) in [6.07, 6.45) is -3.84. The lowest BCUT2D eigenvalue weighted by Crippen LogP contribution is -2.16. The molecule has 20 heavy (non-hydrogen) atoms. The molecule has 0 aliphatic heterocycles. The Morgan fingerprint density at radius 3 is 2.65 bits per heavy atom. The van der Waals surface area contributed by atoms with Crippen LogP contribution in [0.5, 0.6) is 0 Å². The van der Waals surface area contributed by atoms with Crippen molar-refractivity contribution in [2.45, 2.75) is 12.6 Å². The number of carbonyl (C=O) groups excluding carboxylic acids is 1. The third-order valence-corrected chi connectivity index (χ3v) is 2.50. The summed E-state index contributed by atoms with van der Waals surface area (Å²) in [5, 5.41) is 8.77. The molecule has 106 valence electrons. The highest BCUT2D eigenvalue weighted by Crippen LogP contribution is 2.28. The van der Waals surface area contributed by atoms with Gasteiger partial charge in [-0.1, -0.05) is 11.6 Å². The lowest BCUT2D eigenvalue weighted by atomic mass is 10.2.